The third kappa shape index (κ3) is 4.47. The van der Waals surface area contributed by atoms with Crippen LogP contribution >= 0.6 is 0 Å². The van der Waals surface area contributed by atoms with E-state index in [1.165, 1.54) is 0 Å². The summed E-state index contributed by atoms with van der Waals surface area (Å²) < 4.78 is 26.5. The van der Waals surface area contributed by atoms with Crippen molar-refractivity contribution in [2.45, 2.75) is 25.9 Å². The van der Waals surface area contributed by atoms with E-state index in [0.717, 1.165) is 37.6 Å². The summed E-state index contributed by atoms with van der Waals surface area (Å²) in [6.45, 7) is 3.26. The lowest BCUT2D eigenvalue weighted by molar-refractivity contribution is -0.118. The Morgan fingerprint density at radius 2 is 2.29 bits per heavy atom. The third-order valence-corrected chi connectivity index (χ3v) is 3.79. The summed E-state index contributed by atoms with van der Waals surface area (Å²) in [7, 11) is 0. The second kappa shape index (κ2) is 6.95. The molecule has 4 nitrogen and oxygen atoms in total. The first-order valence-corrected chi connectivity index (χ1v) is 7.11. The highest BCUT2D eigenvalue weighted by Crippen LogP contribution is 2.20. The molecular formula is C15H20F2N2O2. The maximum Gasteiger partial charge on any atom is 0.238 e. The van der Waals surface area contributed by atoms with Crippen molar-refractivity contribution >= 4 is 11.6 Å². The van der Waals surface area contributed by atoms with Gasteiger partial charge in [-0.3, -0.25) is 9.69 Å². The number of piperidine rings is 1. The number of anilines is 1. The fourth-order valence-electron chi connectivity index (χ4n) is 2.61. The van der Waals surface area contributed by atoms with Gasteiger partial charge in [0.1, 0.15) is 11.6 Å². The second-order valence-corrected chi connectivity index (χ2v) is 5.55. The van der Waals surface area contributed by atoms with Gasteiger partial charge in [-0.25, -0.2) is 8.78 Å². The molecule has 1 aliphatic rings. The third-order valence-electron chi connectivity index (χ3n) is 3.79. The molecule has 2 N–H and O–H groups in total. The molecular weight excluding hydrogens is 278 g/mol. The molecule has 1 heterocycles. The molecule has 0 spiro atoms. The second-order valence-electron chi connectivity index (χ2n) is 5.55. The highest BCUT2D eigenvalue weighted by Gasteiger charge is 2.24. The van der Waals surface area contributed by atoms with E-state index in [9.17, 15) is 18.7 Å². The first kappa shape index (κ1) is 15.9. The van der Waals surface area contributed by atoms with E-state index in [-0.39, 0.29) is 24.1 Å². The lowest BCUT2D eigenvalue weighted by Gasteiger charge is -2.33. The fourth-order valence-corrected chi connectivity index (χ4v) is 2.61. The van der Waals surface area contributed by atoms with Gasteiger partial charge in [-0.2, -0.15) is 0 Å². The van der Waals surface area contributed by atoms with Crippen molar-refractivity contribution in [1.82, 2.24) is 4.90 Å². The van der Waals surface area contributed by atoms with E-state index < -0.39 is 17.7 Å². The van der Waals surface area contributed by atoms with Crippen molar-refractivity contribution in [3.8, 4) is 0 Å². The van der Waals surface area contributed by atoms with Crippen molar-refractivity contribution in [3.63, 3.8) is 0 Å². The van der Waals surface area contributed by atoms with Crippen LogP contribution in [0, 0.1) is 17.6 Å². The average Bonchev–Trinajstić information content (AvgIpc) is 2.43. The molecule has 6 heteroatoms. The number of carbonyl (C=O) groups excluding carboxylic acids is 1. The van der Waals surface area contributed by atoms with Crippen LogP contribution in [-0.4, -0.2) is 41.7 Å². The number of nitrogens with one attached hydrogen (secondary N) is 1. The molecule has 0 radical (unpaired) electrons. The topological polar surface area (TPSA) is 52.6 Å². The molecule has 0 aromatic heterocycles. The predicted molar refractivity (Wildman–Crippen MR) is 75.8 cm³/mol. The number of carbonyl (C=O) groups is 1. The number of benzene rings is 1. The molecule has 0 saturated carbocycles. The van der Waals surface area contributed by atoms with Crippen molar-refractivity contribution in [3.05, 3.63) is 29.8 Å². The zero-order chi connectivity index (χ0) is 15.4. The Morgan fingerprint density at radius 3 is 3.00 bits per heavy atom. The Hall–Kier alpha value is -1.53. The molecule has 1 saturated heterocycles. The van der Waals surface area contributed by atoms with Crippen molar-refractivity contribution in [1.29, 1.82) is 0 Å². The number of aliphatic hydroxyl groups excluding tert-OH is 1. The summed E-state index contributed by atoms with van der Waals surface area (Å²) in [5.41, 5.74) is -0.149. The quantitative estimate of drug-likeness (QED) is 0.894. The van der Waals surface area contributed by atoms with Crippen LogP contribution in [0.4, 0.5) is 14.5 Å². The van der Waals surface area contributed by atoms with Gasteiger partial charge in [0.2, 0.25) is 5.91 Å². The summed E-state index contributed by atoms with van der Waals surface area (Å²) in [6.07, 6.45) is 1.45. The van der Waals surface area contributed by atoms with Crippen LogP contribution in [0.2, 0.25) is 0 Å². The van der Waals surface area contributed by atoms with Gasteiger partial charge in [0.25, 0.3) is 0 Å². The SMILES string of the molecule is CC(O)C1CCCN(CC(=O)Nc2cc(F)ccc2F)C1. The number of halogens is 2. The number of hydrogen-bond donors (Lipinski definition) is 2. The van der Waals surface area contributed by atoms with Crippen LogP contribution in [-0.2, 0) is 4.79 Å². The Bertz CT molecular complexity index is 508. The molecule has 1 fully saturated rings. The maximum atomic E-state index is 13.4. The van der Waals surface area contributed by atoms with E-state index in [1.807, 2.05) is 4.90 Å². The average molecular weight is 298 g/mol. The molecule has 1 aliphatic heterocycles. The maximum absolute atomic E-state index is 13.4. The lowest BCUT2D eigenvalue weighted by Crippen LogP contribution is -2.43. The van der Waals surface area contributed by atoms with Gasteiger partial charge in [-0.15, -0.1) is 0 Å². The van der Waals surface area contributed by atoms with Crippen LogP contribution in [0.25, 0.3) is 0 Å². The molecule has 1 amide bonds. The first-order valence-electron chi connectivity index (χ1n) is 7.11. The fraction of sp³-hybridized carbons (Fsp3) is 0.533. The largest absolute Gasteiger partial charge is 0.393 e. The predicted octanol–water partition coefficient (Wildman–Crippen LogP) is 2.00. The standard InChI is InChI=1S/C15H20F2N2O2/c1-10(20)11-3-2-6-19(8-11)9-15(21)18-14-7-12(16)4-5-13(14)17/h4-5,7,10-11,20H,2-3,6,8-9H2,1H3,(H,18,21). The minimum absolute atomic E-state index is 0.110. The zero-order valence-electron chi connectivity index (χ0n) is 12.0. The molecule has 0 aliphatic carbocycles. The molecule has 116 valence electrons. The Kier molecular flexibility index (Phi) is 5.25. The summed E-state index contributed by atoms with van der Waals surface area (Å²) >= 11 is 0. The highest BCUT2D eigenvalue weighted by atomic mass is 19.1. The van der Waals surface area contributed by atoms with Gasteiger partial charge in [-0.05, 0) is 44.4 Å². The molecule has 2 unspecified atom stereocenters. The smallest absolute Gasteiger partial charge is 0.238 e. The molecule has 2 rings (SSSR count). The van der Waals surface area contributed by atoms with Gasteiger partial charge in [-0.1, -0.05) is 0 Å². The minimum Gasteiger partial charge on any atom is -0.393 e. The number of hydrogen-bond acceptors (Lipinski definition) is 3. The van der Waals surface area contributed by atoms with Crippen LogP contribution in [0.3, 0.4) is 0 Å². The Morgan fingerprint density at radius 1 is 1.52 bits per heavy atom. The number of amides is 1. The minimum atomic E-state index is -0.662. The van der Waals surface area contributed by atoms with Gasteiger partial charge in [0.15, 0.2) is 0 Å². The normalized spacial score (nSPS) is 21.0. The highest BCUT2D eigenvalue weighted by molar-refractivity contribution is 5.92. The molecule has 21 heavy (non-hydrogen) atoms. The number of rotatable bonds is 4. The van der Waals surface area contributed by atoms with Gasteiger partial charge in [0, 0.05) is 12.6 Å². The summed E-state index contributed by atoms with van der Waals surface area (Å²) in [4.78, 5) is 13.8. The van der Waals surface area contributed by atoms with Crippen LogP contribution in [0.15, 0.2) is 18.2 Å². The van der Waals surface area contributed by atoms with Gasteiger partial charge >= 0.3 is 0 Å². The molecule has 2 atom stereocenters. The molecule has 0 bridgehead atoms. The van der Waals surface area contributed by atoms with E-state index >= 15 is 0 Å². The van der Waals surface area contributed by atoms with Crippen molar-refractivity contribution in [2.24, 2.45) is 5.92 Å². The van der Waals surface area contributed by atoms with E-state index in [2.05, 4.69) is 5.32 Å². The van der Waals surface area contributed by atoms with Crippen LogP contribution < -0.4 is 5.32 Å². The van der Waals surface area contributed by atoms with Gasteiger partial charge in [0.05, 0.1) is 18.3 Å². The number of likely N-dealkylation sites (tertiary alicyclic amines) is 1. The first-order chi connectivity index (χ1) is 9.95. The zero-order valence-corrected chi connectivity index (χ0v) is 12.0. The summed E-state index contributed by atoms with van der Waals surface area (Å²) in [5.74, 6) is -1.49. The monoisotopic (exact) mass is 298 g/mol. The van der Waals surface area contributed by atoms with E-state index in [0.29, 0.717) is 6.54 Å². The number of aliphatic hydroxyl groups is 1. The lowest BCUT2D eigenvalue weighted by atomic mass is 9.93. The molecule has 1 aromatic rings. The van der Waals surface area contributed by atoms with E-state index in [4.69, 9.17) is 0 Å². The van der Waals surface area contributed by atoms with Crippen molar-refractivity contribution < 1.29 is 18.7 Å². The Balaban J connectivity index is 1.91. The van der Waals surface area contributed by atoms with Crippen LogP contribution in [0.1, 0.15) is 19.8 Å². The van der Waals surface area contributed by atoms with E-state index in [1.54, 1.807) is 6.92 Å². The van der Waals surface area contributed by atoms with Crippen molar-refractivity contribution in [2.75, 3.05) is 25.0 Å². The van der Waals surface area contributed by atoms with Crippen LogP contribution in [0.5, 0.6) is 0 Å². The molecule has 1 aromatic carbocycles. The summed E-state index contributed by atoms with van der Waals surface area (Å²) in [6, 6.07) is 2.94. The Labute approximate surface area is 122 Å². The summed E-state index contributed by atoms with van der Waals surface area (Å²) in [5, 5.41) is 12.0. The van der Waals surface area contributed by atoms with Gasteiger partial charge < -0.3 is 10.4 Å². The number of nitrogens with zero attached hydrogens (tertiary/aromatic N) is 1.